The number of anilines is 1. The van der Waals surface area contributed by atoms with Crippen molar-refractivity contribution in [2.45, 2.75) is 57.4 Å². The minimum atomic E-state index is 0.366. The number of aromatic nitrogens is 1. The van der Waals surface area contributed by atoms with Crippen LogP contribution in [0.5, 0.6) is 0 Å². The van der Waals surface area contributed by atoms with E-state index in [0.29, 0.717) is 17.9 Å². The van der Waals surface area contributed by atoms with Gasteiger partial charge in [0, 0.05) is 30.1 Å². The number of rotatable bonds is 2. The Morgan fingerprint density at radius 1 is 1.04 bits per heavy atom. The van der Waals surface area contributed by atoms with Gasteiger partial charge in [-0.1, -0.05) is 26.0 Å². The first-order chi connectivity index (χ1) is 11.6. The van der Waals surface area contributed by atoms with Crippen molar-refractivity contribution >= 4 is 16.5 Å². The zero-order chi connectivity index (χ0) is 16.7. The second-order valence-corrected chi connectivity index (χ2v) is 8.40. The Balaban J connectivity index is 1.60. The van der Waals surface area contributed by atoms with Crippen molar-refractivity contribution < 1.29 is 0 Å². The lowest BCUT2D eigenvalue weighted by atomic mass is 9.77. The molecule has 2 aliphatic rings. The van der Waals surface area contributed by atoms with E-state index in [1.54, 1.807) is 11.3 Å². The molecule has 4 heteroatoms. The fourth-order valence-corrected chi connectivity index (χ4v) is 4.94. The zero-order valence-electron chi connectivity index (χ0n) is 14.7. The summed E-state index contributed by atoms with van der Waals surface area (Å²) >= 11 is 1.76. The van der Waals surface area contributed by atoms with Crippen molar-refractivity contribution in [3.05, 3.63) is 34.7 Å². The molecule has 0 saturated carbocycles. The number of benzene rings is 1. The molecule has 0 bridgehead atoms. The first-order valence-corrected chi connectivity index (χ1v) is 10.1. The normalized spacial score (nSPS) is 24.9. The minimum absolute atomic E-state index is 0.366. The highest BCUT2D eigenvalue weighted by Gasteiger charge is 2.23. The van der Waals surface area contributed by atoms with Crippen LogP contribution in [0.2, 0.25) is 0 Å². The van der Waals surface area contributed by atoms with Crippen LogP contribution >= 0.6 is 11.3 Å². The molecule has 24 heavy (non-hydrogen) atoms. The SMILES string of the molecule is C[C@H]1CC[C@H](C)c2cc(-c3csc(N4CCC(N)CC4)n3)ccc21. The van der Waals surface area contributed by atoms with E-state index >= 15 is 0 Å². The average molecular weight is 342 g/mol. The number of hydrogen-bond acceptors (Lipinski definition) is 4. The third-order valence-corrected chi connectivity index (χ3v) is 6.68. The predicted molar refractivity (Wildman–Crippen MR) is 103 cm³/mol. The zero-order valence-corrected chi connectivity index (χ0v) is 15.5. The molecular weight excluding hydrogens is 314 g/mol. The smallest absolute Gasteiger partial charge is 0.185 e. The van der Waals surface area contributed by atoms with Crippen LogP contribution in [0.15, 0.2) is 23.6 Å². The maximum Gasteiger partial charge on any atom is 0.185 e. The van der Waals surface area contributed by atoms with Crippen LogP contribution in [0.4, 0.5) is 5.13 Å². The monoisotopic (exact) mass is 341 g/mol. The molecule has 2 atom stereocenters. The van der Waals surface area contributed by atoms with Crippen LogP contribution in [0.25, 0.3) is 11.3 Å². The summed E-state index contributed by atoms with van der Waals surface area (Å²) in [6.07, 6.45) is 4.76. The Labute approximate surface area is 148 Å². The predicted octanol–water partition coefficient (Wildman–Crippen LogP) is 4.74. The summed E-state index contributed by atoms with van der Waals surface area (Å²) in [5.74, 6) is 1.35. The second-order valence-electron chi connectivity index (χ2n) is 7.56. The molecule has 1 aliphatic carbocycles. The van der Waals surface area contributed by atoms with Gasteiger partial charge in [0.15, 0.2) is 5.13 Å². The summed E-state index contributed by atoms with van der Waals surface area (Å²) in [5, 5.41) is 3.36. The first-order valence-electron chi connectivity index (χ1n) is 9.22. The molecule has 0 unspecified atom stereocenters. The molecule has 2 N–H and O–H groups in total. The minimum Gasteiger partial charge on any atom is -0.348 e. The average Bonchev–Trinajstić information content (AvgIpc) is 3.09. The van der Waals surface area contributed by atoms with E-state index in [-0.39, 0.29) is 0 Å². The van der Waals surface area contributed by atoms with E-state index in [9.17, 15) is 0 Å². The molecule has 1 aliphatic heterocycles. The fraction of sp³-hybridized carbons (Fsp3) is 0.550. The molecule has 1 aromatic heterocycles. The molecule has 1 fully saturated rings. The number of piperidine rings is 1. The van der Waals surface area contributed by atoms with Crippen molar-refractivity contribution in [1.82, 2.24) is 4.98 Å². The standard InChI is InChI=1S/C20H27N3S/c1-13-3-4-14(2)18-11-15(5-6-17(13)18)19-12-24-20(22-19)23-9-7-16(21)8-10-23/h5-6,11-14,16H,3-4,7-10,21H2,1-2H3/t13-,14-/m0/s1. The van der Waals surface area contributed by atoms with E-state index in [1.165, 1.54) is 29.5 Å². The molecule has 0 radical (unpaired) electrons. The number of fused-ring (bicyclic) bond motifs is 1. The third-order valence-electron chi connectivity index (χ3n) is 5.78. The number of nitrogens with two attached hydrogens (primary N) is 1. The van der Waals surface area contributed by atoms with Gasteiger partial charge in [-0.2, -0.15) is 0 Å². The van der Waals surface area contributed by atoms with Crippen LogP contribution in [0.3, 0.4) is 0 Å². The molecule has 2 aromatic rings. The topological polar surface area (TPSA) is 42.1 Å². The molecule has 3 nitrogen and oxygen atoms in total. The summed E-state index contributed by atoms with van der Waals surface area (Å²) in [6.45, 7) is 6.78. The van der Waals surface area contributed by atoms with Crippen molar-refractivity contribution in [3.8, 4) is 11.3 Å². The van der Waals surface area contributed by atoms with Gasteiger partial charge in [0.2, 0.25) is 0 Å². The lowest BCUT2D eigenvalue weighted by Crippen LogP contribution is -2.39. The van der Waals surface area contributed by atoms with Gasteiger partial charge in [0.25, 0.3) is 0 Å². The van der Waals surface area contributed by atoms with E-state index in [0.717, 1.165) is 36.8 Å². The van der Waals surface area contributed by atoms with E-state index in [1.807, 2.05) is 0 Å². The van der Waals surface area contributed by atoms with Gasteiger partial charge in [-0.15, -0.1) is 11.3 Å². The lowest BCUT2D eigenvalue weighted by molar-refractivity contribution is 0.501. The molecule has 2 heterocycles. The van der Waals surface area contributed by atoms with Crippen LogP contribution in [-0.2, 0) is 0 Å². The van der Waals surface area contributed by atoms with Crippen molar-refractivity contribution in [1.29, 1.82) is 0 Å². The molecule has 0 amide bonds. The van der Waals surface area contributed by atoms with Gasteiger partial charge in [0.1, 0.15) is 0 Å². The summed E-state index contributed by atoms with van der Waals surface area (Å²) in [5.41, 5.74) is 11.5. The van der Waals surface area contributed by atoms with E-state index in [4.69, 9.17) is 10.7 Å². The summed E-state index contributed by atoms with van der Waals surface area (Å²) < 4.78 is 0. The number of hydrogen-bond donors (Lipinski definition) is 1. The quantitative estimate of drug-likeness (QED) is 0.858. The highest BCUT2D eigenvalue weighted by molar-refractivity contribution is 7.14. The fourth-order valence-electron chi connectivity index (χ4n) is 4.05. The highest BCUT2D eigenvalue weighted by Crippen LogP contribution is 2.40. The Morgan fingerprint density at radius 2 is 1.75 bits per heavy atom. The summed E-state index contributed by atoms with van der Waals surface area (Å²) in [6, 6.07) is 7.35. The van der Waals surface area contributed by atoms with Crippen molar-refractivity contribution in [3.63, 3.8) is 0 Å². The van der Waals surface area contributed by atoms with Crippen LogP contribution in [0, 0.1) is 0 Å². The third kappa shape index (κ3) is 2.98. The van der Waals surface area contributed by atoms with Crippen LogP contribution in [0.1, 0.15) is 62.5 Å². The maximum atomic E-state index is 6.02. The van der Waals surface area contributed by atoms with E-state index in [2.05, 4.69) is 42.3 Å². The maximum absolute atomic E-state index is 6.02. The summed E-state index contributed by atoms with van der Waals surface area (Å²) in [4.78, 5) is 7.32. The van der Waals surface area contributed by atoms with E-state index < -0.39 is 0 Å². The number of thiazole rings is 1. The Morgan fingerprint density at radius 3 is 2.50 bits per heavy atom. The van der Waals surface area contributed by atoms with Gasteiger partial charge in [0.05, 0.1) is 5.69 Å². The molecule has 0 spiro atoms. The highest BCUT2D eigenvalue weighted by atomic mass is 32.1. The van der Waals surface area contributed by atoms with Crippen LogP contribution < -0.4 is 10.6 Å². The number of nitrogens with zero attached hydrogens (tertiary/aromatic N) is 2. The molecule has 1 saturated heterocycles. The van der Waals surface area contributed by atoms with Gasteiger partial charge in [-0.25, -0.2) is 4.98 Å². The Hall–Kier alpha value is -1.39. The molecule has 1 aromatic carbocycles. The van der Waals surface area contributed by atoms with Gasteiger partial charge >= 0.3 is 0 Å². The largest absolute Gasteiger partial charge is 0.348 e. The van der Waals surface area contributed by atoms with Gasteiger partial charge in [-0.3, -0.25) is 0 Å². The second kappa shape index (κ2) is 6.49. The first kappa shape index (κ1) is 16.1. The molecule has 4 rings (SSSR count). The Kier molecular flexibility index (Phi) is 4.35. The Bertz CT molecular complexity index is 715. The summed E-state index contributed by atoms with van der Waals surface area (Å²) in [7, 11) is 0. The molecule has 128 valence electrons. The van der Waals surface area contributed by atoms with Crippen molar-refractivity contribution in [2.75, 3.05) is 18.0 Å². The van der Waals surface area contributed by atoms with Gasteiger partial charge in [-0.05, 0) is 54.7 Å². The van der Waals surface area contributed by atoms with Gasteiger partial charge < -0.3 is 10.6 Å². The van der Waals surface area contributed by atoms with Crippen molar-refractivity contribution in [2.24, 2.45) is 5.73 Å². The molecular formula is C20H27N3S. The lowest BCUT2D eigenvalue weighted by Gasteiger charge is -2.29. The van der Waals surface area contributed by atoms with Crippen LogP contribution in [-0.4, -0.2) is 24.1 Å².